The van der Waals surface area contributed by atoms with Crippen molar-refractivity contribution in [2.24, 2.45) is 0 Å². The van der Waals surface area contributed by atoms with Crippen molar-refractivity contribution in [2.45, 2.75) is 13.8 Å². The number of rotatable bonds is 3. The molecule has 0 saturated carbocycles. The molecule has 8 heavy (non-hydrogen) atoms. The lowest BCUT2D eigenvalue weighted by atomic mass is 10.5. The van der Waals surface area contributed by atoms with Crippen molar-refractivity contribution >= 4 is 0 Å². The molecule has 0 aliphatic rings. The second kappa shape index (κ2) is 4.65. The molecule has 48 valence electrons. The molecule has 0 saturated heterocycles. The van der Waals surface area contributed by atoms with Crippen LogP contribution in [-0.2, 0) is 4.74 Å². The highest BCUT2D eigenvalue weighted by atomic mass is 16.5. The number of ether oxygens (including phenoxy) is 1. The molecular formula is C6H12O2. The molecule has 0 amide bonds. The first-order chi connectivity index (χ1) is 3.81. The Hall–Kier alpha value is -0.500. The minimum atomic E-state index is 0.0613. The van der Waals surface area contributed by atoms with Crippen LogP contribution in [0.25, 0.3) is 0 Å². The monoisotopic (exact) mass is 116 g/mol. The maximum Gasteiger partial charge on any atom is 0.0911 e. The Morgan fingerprint density at radius 2 is 2.38 bits per heavy atom. The normalized spacial score (nSPS) is 11.6. The van der Waals surface area contributed by atoms with Crippen molar-refractivity contribution in [1.82, 2.24) is 0 Å². The fourth-order valence-corrected chi connectivity index (χ4v) is 0.415. The van der Waals surface area contributed by atoms with Gasteiger partial charge in [0.1, 0.15) is 0 Å². The van der Waals surface area contributed by atoms with E-state index in [0.29, 0.717) is 6.61 Å². The quantitative estimate of drug-likeness (QED) is 0.555. The third kappa shape index (κ3) is 3.68. The standard InChI is InChI=1S/C6H12O2/c1-3-8-6(2)4-5-7/h4,7H,3,5H2,1-2H3. The Kier molecular flexibility index (Phi) is 4.36. The molecule has 0 aromatic rings. The highest BCUT2D eigenvalue weighted by Crippen LogP contribution is 1.91. The number of hydrogen-bond acceptors (Lipinski definition) is 2. The third-order valence-electron chi connectivity index (χ3n) is 0.751. The summed E-state index contributed by atoms with van der Waals surface area (Å²) < 4.78 is 4.98. The largest absolute Gasteiger partial charge is 0.499 e. The summed E-state index contributed by atoms with van der Waals surface area (Å²) in [5.41, 5.74) is 0. The lowest BCUT2D eigenvalue weighted by Gasteiger charge is -1.99. The maximum atomic E-state index is 8.31. The van der Waals surface area contributed by atoms with Gasteiger partial charge >= 0.3 is 0 Å². The molecule has 0 aliphatic carbocycles. The smallest absolute Gasteiger partial charge is 0.0911 e. The van der Waals surface area contributed by atoms with Gasteiger partial charge in [-0.1, -0.05) is 0 Å². The molecule has 0 fully saturated rings. The summed E-state index contributed by atoms with van der Waals surface area (Å²) in [4.78, 5) is 0. The van der Waals surface area contributed by atoms with Gasteiger partial charge in [-0.2, -0.15) is 0 Å². The molecule has 0 spiro atoms. The second-order valence-corrected chi connectivity index (χ2v) is 1.43. The molecule has 0 aromatic carbocycles. The van der Waals surface area contributed by atoms with Gasteiger partial charge < -0.3 is 9.84 Å². The fraction of sp³-hybridized carbons (Fsp3) is 0.667. The first kappa shape index (κ1) is 7.50. The number of allylic oxidation sites excluding steroid dienone is 1. The Morgan fingerprint density at radius 1 is 1.75 bits per heavy atom. The van der Waals surface area contributed by atoms with Crippen LogP contribution in [0.3, 0.4) is 0 Å². The summed E-state index contributed by atoms with van der Waals surface area (Å²) in [6, 6.07) is 0. The van der Waals surface area contributed by atoms with Gasteiger partial charge in [-0.05, 0) is 19.9 Å². The third-order valence-corrected chi connectivity index (χ3v) is 0.751. The fourth-order valence-electron chi connectivity index (χ4n) is 0.415. The predicted octanol–water partition coefficient (Wildman–Crippen LogP) is 0.919. The summed E-state index contributed by atoms with van der Waals surface area (Å²) in [7, 11) is 0. The van der Waals surface area contributed by atoms with E-state index < -0.39 is 0 Å². The number of aliphatic hydroxyl groups is 1. The molecule has 0 aliphatic heterocycles. The van der Waals surface area contributed by atoms with Gasteiger partial charge in [-0.25, -0.2) is 0 Å². The van der Waals surface area contributed by atoms with E-state index in [-0.39, 0.29) is 6.61 Å². The van der Waals surface area contributed by atoms with Crippen LogP contribution in [0.5, 0.6) is 0 Å². The zero-order valence-electron chi connectivity index (χ0n) is 5.35. The van der Waals surface area contributed by atoms with Gasteiger partial charge in [0.2, 0.25) is 0 Å². The Morgan fingerprint density at radius 3 is 2.75 bits per heavy atom. The van der Waals surface area contributed by atoms with E-state index >= 15 is 0 Å². The molecule has 1 N–H and O–H groups in total. The molecule has 0 aromatic heterocycles. The summed E-state index contributed by atoms with van der Waals surface area (Å²) in [6.07, 6.45) is 1.63. The molecule has 0 rings (SSSR count). The average Bonchev–Trinajstić information content (AvgIpc) is 1.68. The molecule has 0 atom stereocenters. The molecule has 2 heteroatoms. The van der Waals surface area contributed by atoms with E-state index in [1.54, 1.807) is 6.08 Å². The van der Waals surface area contributed by atoms with E-state index in [2.05, 4.69) is 0 Å². The van der Waals surface area contributed by atoms with E-state index in [9.17, 15) is 0 Å². The van der Waals surface area contributed by atoms with Crippen LogP contribution in [0.4, 0.5) is 0 Å². The number of aliphatic hydroxyl groups excluding tert-OH is 1. The van der Waals surface area contributed by atoms with Crippen LogP contribution in [0, 0.1) is 0 Å². The van der Waals surface area contributed by atoms with Crippen LogP contribution >= 0.6 is 0 Å². The maximum absolute atomic E-state index is 8.31. The van der Waals surface area contributed by atoms with Crippen molar-refractivity contribution < 1.29 is 9.84 Å². The van der Waals surface area contributed by atoms with Gasteiger partial charge in [0.05, 0.1) is 19.0 Å². The first-order valence-electron chi connectivity index (χ1n) is 2.71. The molecule has 0 radical (unpaired) electrons. The first-order valence-corrected chi connectivity index (χ1v) is 2.71. The van der Waals surface area contributed by atoms with Gasteiger partial charge in [-0.15, -0.1) is 0 Å². The van der Waals surface area contributed by atoms with Crippen molar-refractivity contribution in [3.05, 3.63) is 11.8 Å². The van der Waals surface area contributed by atoms with E-state index in [4.69, 9.17) is 9.84 Å². The average molecular weight is 116 g/mol. The van der Waals surface area contributed by atoms with Gasteiger partial charge in [0.15, 0.2) is 0 Å². The molecule has 2 nitrogen and oxygen atoms in total. The Labute approximate surface area is 49.8 Å². The topological polar surface area (TPSA) is 29.5 Å². The molecular weight excluding hydrogens is 104 g/mol. The lowest BCUT2D eigenvalue weighted by Crippen LogP contribution is -1.87. The van der Waals surface area contributed by atoms with E-state index in [1.807, 2.05) is 13.8 Å². The zero-order valence-corrected chi connectivity index (χ0v) is 5.35. The SMILES string of the molecule is CCOC(C)=CCO. The van der Waals surface area contributed by atoms with Crippen molar-refractivity contribution in [3.63, 3.8) is 0 Å². The van der Waals surface area contributed by atoms with Crippen LogP contribution in [0.1, 0.15) is 13.8 Å². The summed E-state index contributed by atoms with van der Waals surface area (Å²) >= 11 is 0. The molecule has 0 unspecified atom stereocenters. The summed E-state index contributed by atoms with van der Waals surface area (Å²) in [5, 5.41) is 8.31. The van der Waals surface area contributed by atoms with E-state index in [1.165, 1.54) is 0 Å². The Balaban J connectivity index is 3.29. The number of hydrogen-bond donors (Lipinski definition) is 1. The van der Waals surface area contributed by atoms with Crippen molar-refractivity contribution in [3.8, 4) is 0 Å². The van der Waals surface area contributed by atoms with Crippen molar-refractivity contribution in [1.29, 1.82) is 0 Å². The van der Waals surface area contributed by atoms with Gasteiger partial charge in [0.25, 0.3) is 0 Å². The van der Waals surface area contributed by atoms with Gasteiger partial charge in [0, 0.05) is 0 Å². The predicted molar refractivity (Wildman–Crippen MR) is 32.5 cm³/mol. The van der Waals surface area contributed by atoms with Gasteiger partial charge in [-0.3, -0.25) is 0 Å². The summed E-state index contributed by atoms with van der Waals surface area (Å²) in [6.45, 7) is 4.46. The minimum absolute atomic E-state index is 0.0613. The van der Waals surface area contributed by atoms with Crippen LogP contribution < -0.4 is 0 Å². The second-order valence-electron chi connectivity index (χ2n) is 1.43. The van der Waals surface area contributed by atoms with Crippen LogP contribution in [-0.4, -0.2) is 18.3 Å². The zero-order chi connectivity index (χ0) is 6.41. The van der Waals surface area contributed by atoms with Crippen LogP contribution in [0.2, 0.25) is 0 Å². The minimum Gasteiger partial charge on any atom is -0.499 e. The summed E-state index contributed by atoms with van der Waals surface area (Å²) in [5.74, 6) is 0.787. The Bertz CT molecular complexity index is 76.6. The highest BCUT2D eigenvalue weighted by molar-refractivity contribution is 4.87. The van der Waals surface area contributed by atoms with Crippen molar-refractivity contribution in [2.75, 3.05) is 13.2 Å². The molecule has 0 heterocycles. The highest BCUT2D eigenvalue weighted by Gasteiger charge is 1.81. The lowest BCUT2D eigenvalue weighted by molar-refractivity contribution is 0.225. The van der Waals surface area contributed by atoms with Crippen LogP contribution in [0.15, 0.2) is 11.8 Å². The molecule has 0 bridgehead atoms. The van der Waals surface area contributed by atoms with E-state index in [0.717, 1.165) is 5.76 Å².